The number of carbonyl (C=O) groups excluding carboxylic acids is 1. The van der Waals surface area contributed by atoms with E-state index in [-0.39, 0.29) is 12.0 Å². The van der Waals surface area contributed by atoms with Crippen molar-refractivity contribution in [3.8, 4) is 0 Å². The summed E-state index contributed by atoms with van der Waals surface area (Å²) in [6, 6.07) is 0. The predicted octanol–water partition coefficient (Wildman–Crippen LogP) is 2.15. The van der Waals surface area contributed by atoms with Gasteiger partial charge in [-0.05, 0) is 37.8 Å². The van der Waals surface area contributed by atoms with Gasteiger partial charge in [0.1, 0.15) is 0 Å². The lowest BCUT2D eigenvalue weighted by Crippen LogP contribution is -2.40. The summed E-state index contributed by atoms with van der Waals surface area (Å²) in [7, 11) is 0. The maximum Gasteiger partial charge on any atom is 0.250 e. The topological polar surface area (TPSA) is 53.4 Å². The number of thiazole rings is 1. The van der Waals surface area contributed by atoms with Crippen LogP contribution in [0.5, 0.6) is 0 Å². The lowest BCUT2D eigenvalue weighted by atomic mass is 10.1. The van der Waals surface area contributed by atoms with Crippen LogP contribution in [0.3, 0.4) is 0 Å². The van der Waals surface area contributed by atoms with E-state index in [2.05, 4.69) is 11.1 Å². The van der Waals surface area contributed by atoms with E-state index in [0.717, 1.165) is 21.8 Å². The Labute approximate surface area is 122 Å². The number of aromatic nitrogens is 1. The Morgan fingerprint density at radius 3 is 2.85 bits per heavy atom. The van der Waals surface area contributed by atoms with Crippen LogP contribution in [0.2, 0.25) is 0 Å². The van der Waals surface area contributed by atoms with Crippen molar-refractivity contribution < 1.29 is 9.90 Å². The number of piperidine rings is 1. The van der Waals surface area contributed by atoms with Crippen LogP contribution in [0.4, 0.5) is 0 Å². The average Bonchev–Trinajstić information content (AvgIpc) is 3.07. The minimum atomic E-state index is -0.247. The second-order valence-electron chi connectivity index (χ2n) is 5.31. The molecule has 20 heavy (non-hydrogen) atoms. The molecule has 3 rings (SSSR count). The van der Waals surface area contributed by atoms with E-state index >= 15 is 0 Å². The Balaban J connectivity index is 1.69. The molecule has 2 aliphatic rings. The molecule has 0 spiro atoms. The minimum absolute atomic E-state index is 0.107. The van der Waals surface area contributed by atoms with E-state index in [4.69, 9.17) is 0 Å². The van der Waals surface area contributed by atoms with Gasteiger partial charge in [0.2, 0.25) is 5.91 Å². The molecule has 0 radical (unpaired) electrons. The monoisotopic (exact) mass is 290 g/mol. The Morgan fingerprint density at radius 1 is 1.45 bits per heavy atom. The van der Waals surface area contributed by atoms with Gasteiger partial charge in [-0.25, -0.2) is 4.98 Å². The van der Waals surface area contributed by atoms with Crippen LogP contribution < -0.4 is 0 Å². The zero-order valence-corrected chi connectivity index (χ0v) is 12.3. The molecule has 2 heterocycles. The molecule has 1 aliphatic heterocycles. The van der Waals surface area contributed by atoms with Gasteiger partial charge in [0, 0.05) is 24.0 Å². The summed E-state index contributed by atoms with van der Waals surface area (Å²) in [6.07, 6.45) is 5.84. The summed E-state index contributed by atoms with van der Waals surface area (Å²) < 4.78 is 0. The molecular formula is C15H18N2O2S. The molecule has 4 nitrogen and oxygen atoms in total. The molecule has 1 fully saturated rings. The Morgan fingerprint density at radius 2 is 2.20 bits per heavy atom. The van der Waals surface area contributed by atoms with Crippen LogP contribution in [-0.4, -0.2) is 40.1 Å². The standard InChI is InChI=1S/C15H18N2O2S/c1-10-16-14(9-20-10)11-2-3-12(8-11)15(19)17-6-4-13(18)5-7-17/h2,8-9,13,18H,3-7H2,1H3. The van der Waals surface area contributed by atoms with Gasteiger partial charge < -0.3 is 10.0 Å². The molecule has 1 aromatic heterocycles. The van der Waals surface area contributed by atoms with E-state index in [1.807, 2.05) is 23.3 Å². The number of nitrogens with zero attached hydrogens (tertiary/aromatic N) is 2. The third-order valence-corrected chi connectivity index (χ3v) is 4.59. The number of amides is 1. The molecule has 5 heteroatoms. The van der Waals surface area contributed by atoms with E-state index < -0.39 is 0 Å². The molecule has 1 amide bonds. The molecule has 1 aromatic rings. The first-order chi connectivity index (χ1) is 9.63. The average molecular weight is 290 g/mol. The molecule has 0 atom stereocenters. The van der Waals surface area contributed by atoms with Gasteiger partial charge in [0.25, 0.3) is 0 Å². The number of hydrogen-bond acceptors (Lipinski definition) is 4. The summed E-state index contributed by atoms with van der Waals surface area (Å²) >= 11 is 1.62. The van der Waals surface area contributed by atoms with Crippen molar-refractivity contribution >= 4 is 22.8 Å². The van der Waals surface area contributed by atoms with Gasteiger partial charge in [-0.15, -0.1) is 11.3 Å². The molecule has 0 bridgehead atoms. The highest BCUT2D eigenvalue weighted by Crippen LogP contribution is 2.28. The molecule has 1 aliphatic carbocycles. The number of likely N-dealkylation sites (tertiary alicyclic amines) is 1. The Hall–Kier alpha value is -1.46. The van der Waals surface area contributed by atoms with E-state index in [0.29, 0.717) is 32.4 Å². The van der Waals surface area contributed by atoms with Crippen molar-refractivity contribution in [2.45, 2.75) is 32.3 Å². The minimum Gasteiger partial charge on any atom is -0.393 e. The van der Waals surface area contributed by atoms with Crippen LogP contribution in [0.1, 0.15) is 30.0 Å². The normalized spacial score (nSPS) is 20.0. The highest BCUT2D eigenvalue weighted by Gasteiger charge is 2.25. The lowest BCUT2D eigenvalue weighted by Gasteiger charge is -2.29. The number of carbonyl (C=O) groups is 1. The maximum atomic E-state index is 12.4. The van der Waals surface area contributed by atoms with Gasteiger partial charge in [-0.3, -0.25) is 4.79 Å². The third-order valence-electron chi connectivity index (χ3n) is 3.81. The first kappa shape index (κ1) is 13.5. The fourth-order valence-electron chi connectivity index (χ4n) is 2.62. The highest BCUT2D eigenvalue weighted by molar-refractivity contribution is 7.09. The number of aryl methyl sites for hydroxylation is 1. The van der Waals surface area contributed by atoms with Crippen LogP contribution >= 0.6 is 11.3 Å². The fraction of sp³-hybridized carbons (Fsp3) is 0.467. The number of rotatable bonds is 2. The van der Waals surface area contributed by atoms with Gasteiger partial charge in [-0.2, -0.15) is 0 Å². The Kier molecular flexibility index (Phi) is 3.72. The summed E-state index contributed by atoms with van der Waals surface area (Å²) in [5.74, 6) is 0.107. The quantitative estimate of drug-likeness (QED) is 0.908. The molecule has 1 N–H and O–H groups in total. The fourth-order valence-corrected chi connectivity index (χ4v) is 3.24. The summed E-state index contributed by atoms with van der Waals surface area (Å²) in [6.45, 7) is 3.30. The predicted molar refractivity (Wildman–Crippen MR) is 79.3 cm³/mol. The first-order valence-electron chi connectivity index (χ1n) is 6.94. The zero-order chi connectivity index (χ0) is 14.1. The largest absolute Gasteiger partial charge is 0.393 e. The van der Waals surface area contributed by atoms with Gasteiger partial charge in [0.15, 0.2) is 0 Å². The Bertz CT molecular complexity index is 580. The first-order valence-corrected chi connectivity index (χ1v) is 7.82. The number of aliphatic hydroxyl groups excluding tert-OH is 1. The van der Waals surface area contributed by atoms with Crippen LogP contribution in [-0.2, 0) is 4.79 Å². The number of allylic oxidation sites excluding steroid dienone is 3. The van der Waals surface area contributed by atoms with Crippen molar-refractivity contribution in [3.63, 3.8) is 0 Å². The highest BCUT2D eigenvalue weighted by atomic mass is 32.1. The van der Waals surface area contributed by atoms with E-state index in [9.17, 15) is 9.90 Å². The summed E-state index contributed by atoms with van der Waals surface area (Å²) in [4.78, 5) is 18.7. The molecule has 106 valence electrons. The second kappa shape index (κ2) is 5.50. The SMILES string of the molecule is Cc1nc(C2=CCC(C(=O)N3CCC(O)CC3)=C2)cs1. The molecular weight excluding hydrogens is 272 g/mol. The zero-order valence-electron chi connectivity index (χ0n) is 11.5. The van der Waals surface area contributed by atoms with Crippen LogP contribution in [0.25, 0.3) is 5.57 Å². The van der Waals surface area contributed by atoms with Gasteiger partial charge >= 0.3 is 0 Å². The third kappa shape index (κ3) is 2.69. The molecule has 0 aromatic carbocycles. The summed E-state index contributed by atoms with van der Waals surface area (Å²) in [5.41, 5.74) is 2.85. The lowest BCUT2D eigenvalue weighted by molar-refractivity contribution is -0.129. The van der Waals surface area contributed by atoms with E-state index in [1.165, 1.54) is 0 Å². The molecule has 1 saturated heterocycles. The smallest absolute Gasteiger partial charge is 0.250 e. The van der Waals surface area contributed by atoms with Crippen molar-refractivity contribution in [2.75, 3.05) is 13.1 Å². The van der Waals surface area contributed by atoms with Crippen molar-refractivity contribution in [1.29, 1.82) is 0 Å². The van der Waals surface area contributed by atoms with Crippen molar-refractivity contribution in [3.05, 3.63) is 33.8 Å². The van der Waals surface area contributed by atoms with Gasteiger partial charge in [0.05, 0.1) is 16.8 Å². The molecule has 0 unspecified atom stereocenters. The number of hydrogen-bond donors (Lipinski definition) is 1. The van der Waals surface area contributed by atoms with E-state index in [1.54, 1.807) is 11.3 Å². The van der Waals surface area contributed by atoms with Gasteiger partial charge in [-0.1, -0.05) is 6.08 Å². The van der Waals surface area contributed by atoms with Crippen LogP contribution in [0, 0.1) is 6.92 Å². The second-order valence-corrected chi connectivity index (χ2v) is 6.37. The van der Waals surface area contributed by atoms with Crippen molar-refractivity contribution in [2.24, 2.45) is 0 Å². The molecule has 0 saturated carbocycles. The number of aliphatic hydroxyl groups is 1. The summed E-state index contributed by atoms with van der Waals surface area (Å²) in [5, 5.41) is 12.6. The maximum absolute atomic E-state index is 12.4. The van der Waals surface area contributed by atoms with Crippen LogP contribution in [0.15, 0.2) is 23.1 Å². The van der Waals surface area contributed by atoms with Crippen molar-refractivity contribution in [1.82, 2.24) is 9.88 Å².